The van der Waals surface area contributed by atoms with Crippen LogP contribution in [0.3, 0.4) is 0 Å². The van der Waals surface area contributed by atoms with Crippen molar-refractivity contribution in [2.75, 3.05) is 20.7 Å². The highest BCUT2D eigenvalue weighted by Gasteiger charge is 2.39. The van der Waals surface area contributed by atoms with Gasteiger partial charge in [0.25, 0.3) is 0 Å². The van der Waals surface area contributed by atoms with Gasteiger partial charge in [-0.2, -0.15) is 5.26 Å². The van der Waals surface area contributed by atoms with Gasteiger partial charge in [0.1, 0.15) is 5.54 Å². The maximum Gasteiger partial charge on any atom is 0.192 e. The van der Waals surface area contributed by atoms with E-state index in [9.17, 15) is 5.26 Å². The summed E-state index contributed by atoms with van der Waals surface area (Å²) in [6, 6.07) is 2.33. The molecular formula is C12H26N2OSi. The number of rotatable bonds is 4. The quantitative estimate of drug-likeness (QED) is 0.711. The lowest BCUT2D eigenvalue weighted by atomic mass is 10.1. The van der Waals surface area contributed by atoms with Gasteiger partial charge in [0.15, 0.2) is 8.32 Å². The van der Waals surface area contributed by atoms with Crippen LogP contribution in [-0.4, -0.2) is 39.5 Å². The predicted octanol–water partition coefficient (Wildman–Crippen LogP) is 2.85. The van der Waals surface area contributed by atoms with Gasteiger partial charge in [0.2, 0.25) is 0 Å². The maximum atomic E-state index is 9.20. The highest BCUT2D eigenvalue weighted by molar-refractivity contribution is 6.74. The zero-order chi connectivity index (χ0) is 13.2. The molecule has 0 fully saturated rings. The molecule has 0 aliphatic rings. The van der Waals surface area contributed by atoms with Crippen LogP contribution in [0.15, 0.2) is 0 Å². The van der Waals surface area contributed by atoms with E-state index in [4.69, 9.17) is 4.43 Å². The Morgan fingerprint density at radius 1 is 1.19 bits per heavy atom. The van der Waals surface area contributed by atoms with E-state index < -0.39 is 13.9 Å². The van der Waals surface area contributed by atoms with Crippen molar-refractivity contribution in [3.8, 4) is 6.07 Å². The summed E-state index contributed by atoms with van der Waals surface area (Å²) in [5.74, 6) is 0. The van der Waals surface area contributed by atoms with Gasteiger partial charge in [0.05, 0.1) is 12.7 Å². The van der Waals surface area contributed by atoms with Gasteiger partial charge in [-0.05, 0) is 39.2 Å². The van der Waals surface area contributed by atoms with E-state index in [-0.39, 0.29) is 5.04 Å². The Morgan fingerprint density at radius 2 is 1.62 bits per heavy atom. The van der Waals surface area contributed by atoms with Crippen molar-refractivity contribution >= 4 is 8.32 Å². The summed E-state index contributed by atoms with van der Waals surface area (Å²) >= 11 is 0. The van der Waals surface area contributed by atoms with Gasteiger partial charge in [-0.3, -0.25) is 4.90 Å². The Morgan fingerprint density at radius 3 is 1.88 bits per heavy atom. The van der Waals surface area contributed by atoms with Gasteiger partial charge < -0.3 is 4.43 Å². The van der Waals surface area contributed by atoms with Crippen LogP contribution < -0.4 is 0 Å². The van der Waals surface area contributed by atoms with Gasteiger partial charge in [0, 0.05) is 0 Å². The lowest BCUT2D eigenvalue weighted by molar-refractivity contribution is 0.135. The SMILES string of the molecule is CN(C)C(C)(C#N)CO[Si](C)(C)C(C)(C)C. The molecular weight excluding hydrogens is 216 g/mol. The third-order valence-corrected chi connectivity index (χ3v) is 8.23. The minimum Gasteiger partial charge on any atom is -0.414 e. The summed E-state index contributed by atoms with van der Waals surface area (Å²) in [5, 5.41) is 9.39. The van der Waals surface area contributed by atoms with E-state index in [2.05, 4.69) is 39.9 Å². The minimum atomic E-state index is -1.75. The van der Waals surface area contributed by atoms with Gasteiger partial charge in [-0.25, -0.2) is 0 Å². The minimum absolute atomic E-state index is 0.190. The summed E-state index contributed by atoms with van der Waals surface area (Å²) in [5.41, 5.74) is -0.532. The fourth-order valence-corrected chi connectivity index (χ4v) is 1.87. The molecule has 0 aliphatic carbocycles. The molecule has 0 heterocycles. The van der Waals surface area contributed by atoms with Crippen LogP contribution in [0.5, 0.6) is 0 Å². The Labute approximate surface area is 102 Å². The average molecular weight is 242 g/mol. The maximum absolute atomic E-state index is 9.20. The average Bonchev–Trinajstić information content (AvgIpc) is 2.12. The van der Waals surface area contributed by atoms with Crippen molar-refractivity contribution in [2.24, 2.45) is 0 Å². The summed E-state index contributed by atoms with van der Waals surface area (Å²) in [6.45, 7) is 13.4. The molecule has 4 heteroatoms. The topological polar surface area (TPSA) is 36.3 Å². The lowest BCUT2D eigenvalue weighted by Gasteiger charge is -2.39. The van der Waals surface area contributed by atoms with E-state index in [1.807, 2.05) is 25.9 Å². The van der Waals surface area contributed by atoms with Crippen molar-refractivity contribution in [1.82, 2.24) is 4.90 Å². The first-order valence-corrected chi connectivity index (χ1v) is 8.60. The molecule has 0 saturated heterocycles. The van der Waals surface area contributed by atoms with Gasteiger partial charge in [-0.1, -0.05) is 20.8 Å². The van der Waals surface area contributed by atoms with Crippen LogP contribution >= 0.6 is 0 Å². The lowest BCUT2D eigenvalue weighted by Crippen LogP contribution is -2.50. The molecule has 0 rings (SSSR count). The monoisotopic (exact) mass is 242 g/mol. The predicted molar refractivity (Wildman–Crippen MR) is 70.9 cm³/mol. The second-order valence-corrected chi connectivity index (χ2v) is 11.1. The number of nitrogens with zero attached hydrogens (tertiary/aromatic N) is 2. The van der Waals surface area contributed by atoms with Crippen LogP contribution in [0.1, 0.15) is 27.7 Å². The third kappa shape index (κ3) is 3.58. The molecule has 0 amide bonds. The molecule has 0 bridgehead atoms. The summed E-state index contributed by atoms with van der Waals surface area (Å²) in [6.07, 6.45) is 0. The van der Waals surface area contributed by atoms with Crippen molar-refractivity contribution in [3.63, 3.8) is 0 Å². The normalized spacial score (nSPS) is 17.0. The van der Waals surface area contributed by atoms with Crippen molar-refractivity contribution in [3.05, 3.63) is 0 Å². The van der Waals surface area contributed by atoms with Crippen LogP contribution in [0.4, 0.5) is 0 Å². The Hall–Kier alpha value is -0.373. The molecule has 0 aromatic heterocycles. The smallest absolute Gasteiger partial charge is 0.192 e. The molecule has 1 atom stereocenters. The number of likely N-dealkylation sites (N-methyl/N-ethyl adjacent to an activating group) is 1. The molecule has 0 spiro atoms. The van der Waals surface area contributed by atoms with Gasteiger partial charge in [-0.15, -0.1) is 0 Å². The van der Waals surface area contributed by atoms with E-state index in [1.165, 1.54) is 0 Å². The van der Waals surface area contributed by atoms with E-state index in [0.717, 1.165) is 0 Å². The summed E-state index contributed by atoms with van der Waals surface area (Å²) < 4.78 is 6.09. The van der Waals surface area contributed by atoms with E-state index in [0.29, 0.717) is 6.61 Å². The molecule has 0 aromatic rings. The molecule has 0 N–H and O–H groups in total. The first-order valence-electron chi connectivity index (χ1n) is 5.69. The fourth-order valence-electron chi connectivity index (χ4n) is 0.799. The van der Waals surface area contributed by atoms with Crippen LogP contribution in [0.2, 0.25) is 18.1 Å². The number of hydrogen-bond acceptors (Lipinski definition) is 3. The van der Waals surface area contributed by atoms with E-state index in [1.54, 1.807) is 0 Å². The fraction of sp³-hybridized carbons (Fsp3) is 0.917. The Bertz CT molecular complexity index is 276. The van der Waals surface area contributed by atoms with Gasteiger partial charge >= 0.3 is 0 Å². The molecule has 3 nitrogen and oxygen atoms in total. The number of nitriles is 1. The second kappa shape index (κ2) is 4.87. The molecule has 0 radical (unpaired) electrons. The van der Waals surface area contributed by atoms with Crippen LogP contribution in [-0.2, 0) is 4.43 Å². The first-order chi connectivity index (χ1) is 6.96. The molecule has 94 valence electrons. The largest absolute Gasteiger partial charge is 0.414 e. The van der Waals surface area contributed by atoms with Crippen molar-refractivity contribution < 1.29 is 4.43 Å². The number of hydrogen-bond donors (Lipinski definition) is 0. The highest BCUT2D eigenvalue weighted by Crippen LogP contribution is 2.37. The standard InChI is InChI=1S/C12H26N2OSi/c1-11(2,3)16(7,8)15-10-12(4,9-13)14(5)6/h10H2,1-8H3. The summed E-state index contributed by atoms with van der Waals surface area (Å²) in [4.78, 5) is 1.92. The first kappa shape index (κ1) is 15.6. The van der Waals surface area contributed by atoms with Crippen LogP contribution in [0, 0.1) is 11.3 Å². The van der Waals surface area contributed by atoms with Crippen LogP contribution in [0.25, 0.3) is 0 Å². The summed E-state index contributed by atoms with van der Waals surface area (Å²) in [7, 11) is 2.08. The molecule has 0 saturated carbocycles. The Kier molecular flexibility index (Phi) is 4.75. The molecule has 0 aromatic carbocycles. The van der Waals surface area contributed by atoms with E-state index >= 15 is 0 Å². The third-order valence-electron chi connectivity index (χ3n) is 3.75. The van der Waals surface area contributed by atoms with Crippen molar-refractivity contribution in [1.29, 1.82) is 5.26 Å². The highest BCUT2D eigenvalue weighted by atomic mass is 28.4. The van der Waals surface area contributed by atoms with Crippen molar-refractivity contribution in [2.45, 2.75) is 51.4 Å². The zero-order valence-electron chi connectivity index (χ0n) is 12.0. The second-order valence-electron chi connectivity index (χ2n) is 6.33. The Balaban J connectivity index is 4.64. The molecule has 0 aliphatic heterocycles. The zero-order valence-corrected chi connectivity index (χ0v) is 13.0. The molecule has 1 unspecified atom stereocenters. The molecule has 16 heavy (non-hydrogen) atoms.